The Morgan fingerprint density at radius 2 is 2.20 bits per heavy atom. The summed E-state index contributed by atoms with van der Waals surface area (Å²) in [6, 6.07) is 0.698. The highest BCUT2D eigenvalue weighted by atomic mass is 16.7. The zero-order valence-electron chi connectivity index (χ0n) is 9.71. The van der Waals surface area contributed by atoms with Gasteiger partial charge in [-0.25, -0.2) is 0 Å². The van der Waals surface area contributed by atoms with Crippen LogP contribution in [-0.2, 0) is 9.47 Å². The molecule has 2 fully saturated rings. The van der Waals surface area contributed by atoms with Gasteiger partial charge < -0.3 is 14.8 Å². The average molecular weight is 213 g/mol. The van der Waals surface area contributed by atoms with Gasteiger partial charge in [0.1, 0.15) is 6.79 Å². The molecular formula is C12H23NO2. The maximum absolute atomic E-state index is 5.51. The molecule has 2 rings (SSSR count). The van der Waals surface area contributed by atoms with Gasteiger partial charge in [0, 0.05) is 12.6 Å². The van der Waals surface area contributed by atoms with E-state index >= 15 is 0 Å². The van der Waals surface area contributed by atoms with Crippen molar-refractivity contribution in [1.29, 1.82) is 0 Å². The van der Waals surface area contributed by atoms with E-state index in [-0.39, 0.29) is 0 Å². The molecule has 2 unspecified atom stereocenters. The van der Waals surface area contributed by atoms with Crippen molar-refractivity contribution < 1.29 is 9.47 Å². The summed E-state index contributed by atoms with van der Waals surface area (Å²) in [5, 5.41) is 3.63. The molecule has 0 aromatic heterocycles. The molecule has 88 valence electrons. The smallest absolute Gasteiger partial charge is 0.147 e. The molecule has 0 aromatic carbocycles. The highest BCUT2D eigenvalue weighted by molar-refractivity contribution is 4.80. The van der Waals surface area contributed by atoms with Crippen molar-refractivity contribution in [2.45, 2.75) is 51.2 Å². The Balaban J connectivity index is 1.60. The van der Waals surface area contributed by atoms with Gasteiger partial charge in [0.25, 0.3) is 0 Å². The molecule has 2 atom stereocenters. The molecule has 0 bridgehead atoms. The van der Waals surface area contributed by atoms with Gasteiger partial charge in [0.2, 0.25) is 0 Å². The third-order valence-corrected chi connectivity index (χ3v) is 3.41. The quantitative estimate of drug-likeness (QED) is 0.731. The molecule has 1 aliphatic heterocycles. The number of ether oxygens (including phenoxy) is 2. The lowest BCUT2D eigenvalue weighted by molar-refractivity contribution is -0.137. The second-order valence-corrected chi connectivity index (χ2v) is 4.80. The van der Waals surface area contributed by atoms with Crippen LogP contribution in [0.4, 0.5) is 0 Å². The van der Waals surface area contributed by atoms with Crippen LogP contribution in [0.25, 0.3) is 0 Å². The second kappa shape index (κ2) is 5.83. The van der Waals surface area contributed by atoms with Crippen LogP contribution >= 0.6 is 0 Å². The summed E-state index contributed by atoms with van der Waals surface area (Å²) >= 11 is 0. The fourth-order valence-electron chi connectivity index (χ4n) is 2.11. The van der Waals surface area contributed by atoms with Crippen LogP contribution in [0.3, 0.4) is 0 Å². The maximum Gasteiger partial charge on any atom is 0.147 e. The van der Waals surface area contributed by atoms with E-state index in [9.17, 15) is 0 Å². The van der Waals surface area contributed by atoms with Gasteiger partial charge in [-0.05, 0) is 25.2 Å². The Hall–Kier alpha value is -0.120. The third-order valence-electron chi connectivity index (χ3n) is 3.41. The molecule has 2 aliphatic rings. The summed E-state index contributed by atoms with van der Waals surface area (Å²) in [5.41, 5.74) is 0. The molecule has 1 saturated heterocycles. The van der Waals surface area contributed by atoms with E-state index in [1.165, 1.54) is 25.7 Å². The lowest BCUT2D eigenvalue weighted by atomic mass is 10.1. The fourth-order valence-corrected chi connectivity index (χ4v) is 2.11. The summed E-state index contributed by atoms with van der Waals surface area (Å²) in [6.07, 6.45) is 6.90. The van der Waals surface area contributed by atoms with Crippen molar-refractivity contribution >= 4 is 0 Å². The van der Waals surface area contributed by atoms with Crippen LogP contribution in [0.1, 0.15) is 39.0 Å². The van der Waals surface area contributed by atoms with Gasteiger partial charge in [-0.2, -0.15) is 0 Å². The van der Waals surface area contributed by atoms with E-state index in [0.717, 1.165) is 25.5 Å². The van der Waals surface area contributed by atoms with E-state index < -0.39 is 0 Å². The predicted molar refractivity (Wildman–Crippen MR) is 59.7 cm³/mol. The summed E-state index contributed by atoms with van der Waals surface area (Å²) in [4.78, 5) is 0. The Bertz CT molecular complexity index is 176. The molecule has 1 aliphatic carbocycles. The first kappa shape index (κ1) is 11.4. The molecule has 0 aromatic rings. The molecule has 1 heterocycles. The first-order chi connectivity index (χ1) is 7.38. The van der Waals surface area contributed by atoms with Gasteiger partial charge in [-0.1, -0.05) is 19.8 Å². The SMILES string of the molecule is CCC(CC1CC1)NCC1CCOCO1. The topological polar surface area (TPSA) is 30.5 Å². The standard InChI is InChI=1S/C12H23NO2/c1-2-11(7-10-3-4-10)13-8-12-5-6-14-9-15-12/h10-13H,2-9H2,1H3. The zero-order valence-corrected chi connectivity index (χ0v) is 9.71. The highest BCUT2D eigenvalue weighted by Gasteiger charge is 2.25. The van der Waals surface area contributed by atoms with Gasteiger partial charge in [0.15, 0.2) is 0 Å². The van der Waals surface area contributed by atoms with Crippen LogP contribution < -0.4 is 5.32 Å². The Morgan fingerprint density at radius 1 is 1.33 bits per heavy atom. The minimum atomic E-state index is 0.368. The Labute approximate surface area is 92.5 Å². The fraction of sp³-hybridized carbons (Fsp3) is 1.00. The minimum Gasteiger partial charge on any atom is -0.355 e. The molecule has 1 N–H and O–H groups in total. The molecule has 1 saturated carbocycles. The van der Waals surface area contributed by atoms with Crippen molar-refractivity contribution in [1.82, 2.24) is 5.32 Å². The minimum absolute atomic E-state index is 0.368. The van der Waals surface area contributed by atoms with Crippen molar-refractivity contribution in [2.75, 3.05) is 19.9 Å². The van der Waals surface area contributed by atoms with Crippen molar-refractivity contribution in [3.8, 4) is 0 Å². The number of rotatable bonds is 6. The summed E-state index contributed by atoms with van der Waals surface area (Å²) in [5.74, 6) is 1.01. The Kier molecular flexibility index (Phi) is 4.42. The monoisotopic (exact) mass is 213 g/mol. The Morgan fingerprint density at radius 3 is 2.80 bits per heavy atom. The molecule has 3 nitrogen and oxygen atoms in total. The predicted octanol–water partition coefficient (Wildman–Crippen LogP) is 1.92. The van der Waals surface area contributed by atoms with Crippen LogP contribution in [0.15, 0.2) is 0 Å². The summed E-state index contributed by atoms with van der Waals surface area (Å²) < 4.78 is 10.7. The van der Waals surface area contributed by atoms with E-state index in [2.05, 4.69) is 12.2 Å². The van der Waals surface area contributed by atoms with Gasteiger partial charge in [-0.3, -0.25) is 0 Å². The van der Waals surface area contributed by atoms with Gasteiger partial charge in [0.05, 0.1) is 12.7 Å². The van der Waals surface area contributed by atoms with Crippen molar-refractivity contribution in [3.63, 3.8) is 0 Å². The molecule has 0 spiro atoms. The lowest BCUT2D eigenvalue weighted by Gasteiger charge is -2.25. The normalized spacial score (nSPS) is 29.0. The van der Waals surface area contributed by atoms with E-state index in [4.69, 9.17) is 9.47 Å². The maximum atomic E-state index is 5.51. The highest BCUT2D eigenvalue weighted by Crippen LogP contribution is 2.34. The zero-order chi connectivity index (χ0) is 10.5. The van der Waals surface area contributed by atoms with Crippen LogP contribution in [-0.4, -0.2) is 32.1 Å². The third kappa shape index (κ3) is 4.09. The first-order valence-electron chi connectivity index (χ1n) is 6.31. The molecule has 15 heavy (non-hydrogen) atoms. The molecule has 3 heteroatoms. The van der Waals surface area contributed by atoms with Crippen LogP contribution in [0, 0.1) is 5.92 Å². The average Bonchev–Trinajstić information content (AvgIpc) is 3.09. The molecular weight excluding hydrogens is 190 g/mol. The molecule has 0 radical (unpaired) electrons. The van der Waals surface area contributed by atoms with Crippen molar-refractivity contribution in [3.05, 3.63) is 0 Å². The van der Waals surface area contributed by atoms with Crippen LogP contribution in [0.2, 0.25) is 0 Å². The second-order valence-electron chi connectivity index (χ2n) is 4.80. The first-order valence-corrected chi connectivity index (χ1v) is 6.31. The van der Waals surface area contributed by atoms with Gasteiger partial charge >= 0.3 is 0 Å². The number of nitrogens with one attached hydrogen (secondary N) is 1. The summed E-state index contributed by atoms with van der Waals surface area (Å²) in [6.45, 7) is 4.59. The number of hydrogen-bond acceptors (Lipinski definition) is 3. The number of hydrogen-bond donors (Lipinski definition) is 1. The van der Waals surface area contributed by atoms with Crippen LogP contribution in [0.5, 0.6) is 0 Å². The van der Waals surface area contributed by atoms with Gasteiger partial charge in [-0.15, -0.1) is 0 Å². The lowest BCUT2D eigenvalue weighted by Crippen LogP contribution is -2.39. The van der Waals surface area contributed by atoms with E-state index in [0.29, 0.717) is 18.9 Å². The van der Waals surface area contributed by atoms with Crippen molar-refractivity contribution in [2.24, 2.45) is 5.92 Å². The van der Waals surface area contributed by atoms with E-state index in [1.807, 2.05) is 0 Å². The van der Waals surface area contributed by atoms with E-state index in [1.54, 1.807) is 0 Å². The molecule has 0 amide bonds. The largest absolute Gasteiger partial charge is 0.355 e. The summed E-state index contributed by atoms with van der Waals surface area (Å²) in [7, 11) is 0.